The highest BCUT2D eigenvalue weighted by molar-refractivity contribution is 5.93. The third kappa shape index (κ3) is 2.26. The third-order valence-corrected chi connectivity index (χ3v) is 2.00. The summed E-state index contributed by atoms with van der Waals surface area (Å²) in [5.41, 5.74) is 0.760. The first-order chi connectivity index (χ1) is 5.74. The zero-order valence-corrected chi connectivity index (χ0v) is 7.59. The molecule has 68 valence electrons. The van der Waals surface area contributed by atoms with Gasteiger partial charge >= 0.3 is 0 Å². The van der Waals surface area contributed by atoms with Gasteiger partial charge in [0.25, 0.3) is 5.91 Å². The van der Waals surface area contributed by atoms with E-state index < -0.39 is 0 Å². The normalized spacial score (nSPS) is 18.0. The molecule has 0 bridgehead atoms. The molecule has 1 aliphatic rings. The maximum atomic E-state index is 11.4. The summed E-state index contributed by atoms with van der Waals surface area (Å²) in [6.45, 7) is 4.68. The first kappa shape index (κ1) is 9.10. The molecule has 0 radical (unpaired) electrons. The lowest BCUT2D eigenvalue weighted by atomic mass is 10.2. The van der Waals surface area contributed by atoms with Gasteiger partial charge in [0, 0.05) is 12.5 Å². The van der Waals surface area contributed by atoms with Gasteiger partial charge in [-0.2, -0.15) is 0 Å². The fourth-order valence-electron chi connectivity index (χ4n) is 0.973. The largest absolute Gasteiger partial charge is 0.500 e. The quantitative estimate of drug-likeness (QED) is 0.689. The van der Waals surface area contributed by atoms with Crippen molar-refractivity contribution in [1.82, 2.24) is 5.32 Å². The first-order valence-electron chi connectivity index (χ1n) is 4.35. The zero-order valence-electron chi connectivity index (χ0n) is 7.59. The Hall–Kier alpha value is -0.990. The predicted octanol–water partition coefficient (Wildman–Crippen LogP) is 1.21. The Morgan fingerprint density at radius 1 is 1.83 bits per heavy atom. The molecule has 1 aliphatic heterocycles. The van der Waals surface area contributed by atoms with Crippen LogP contribution in [0.25, 0.3) is 0 Å². The number of carbonyl (C=O) groups excluding carboxylic acids is 1. The van der Waals surface area contributed by atoms with Crippen LogP contribution in [-0.4, -0.2) is 18.6 Å². The summed E-state index contributed by atoms with van der Waals surface area (Å²) in [6.07, 6.45) is 3.25. The van der Waals surface area contributed by atoms with Gasteiger partial charge in [-0.1, -0.05) is 6.92 Å². The molecule has 1 atom stereocenters. The molecule has 1 amide bonds. The number of nitrogens with one attached hydrogen (secondary N) is 1. The molecular formula is C9H15NO2. The zero-order chi connectivity index (χ0) is 8.97. The van der Waals surface area contributed by atoms with Crippen molar-refractivity contribution < 1.29 is 9.53 Å². The van der Waals surface area contributed by atoms with Crippen LogP contribution < -0.4 is 5.32 Å². The second-order valence-electron chi connectivity index (χ2n) is 3.05. The molecule has 0 aromatic carbocycles. The van der Waals surface area contributed by atoms with Crippen molar-refractivity contribution in [2.45, 2.75) is 32.7 Å². The molecule has 0 saturated heterocycles. The van der Waals surface area contributed by atoms with Gasteiger partial charge in [-0.15, -0.1) is 0 Å². The van der Waals surface area contributed by atoms with E-state index in [-0.39, 0.29) is 11.9 Å². The molecule has 0 aromatic heterocycles. The van der Waals surface area contributed by atoms with Crippen molar-refractivity contribution in [3.8, 4) is 0 Å². The van der Waals surface area contributed by atoms with Gasteiger partial charge in [-0.25, -0.2) is 0 Å². The van der Waals surface area contributed by atoms with Gasteiger partial charge in [0.15, 0.2) is 0 Å². The molecule has 3 nitrogen and oxygen atoms in total. The van der Waals surface area contributed by atoms with Gasteiger partial charge in [-0.05, 0) is 13.3 Å². The number of amides is 1. The van der Waals surface area contributed by atoms with Crippen molar-refractivity contribution in [2.24, 2.45) is 0 Å². The average Bonchev–Trinajstić information content (AvgIpc) is 2.56. The van der Waals surface area contributed by atoms with Crippen LogP contribution in [0.15, 0.2) is 11.8 Å². The fourth-order valence-corrected chi connectivity index (χ4v) is 0.973. The summed E-state index contributed by atoms with van der Waals surface area (Å²) < 4.78 is 4.97. The Kier molecular flexibility index (Phi) is 3.14. The lowest BCUT2D eigenvalue weighted by Gasteiger charge is -2.10. The van der Waals surface area contributed by atoms with Crippen molar-refractivity contribution >= 4 is 5.91 Å². The Balaban J connectivity index is 2.37. The van der Waals surface area contributed by atoms with Crippen molar-refractivity contribution in [3.05, 3.63) is 11.8 Å². The van der Waals surface area contributed by atoms with Gasteiger partial charge in [0.05, 0.1) is 18.4 Å². The van der Waals surface area contributed by atoms with Crippen molar-refractivity contribution in [1.29, 1.82) is 0 Å². The van der Waals surface area contributed by atoms with Gasteiger partial charge in [0.1, 0.15) is 0 Å². The Morgan fingerprint density at radius 2 is 2.58 bits per heavy atom. The SMILES string of the molecule is CCC(C)NC(=O)C1=COCC1. The van der Waals surface area contributed by atoms with E-state index in [2.05, 4.69) is 5.32 Å². The minimum atomic E-state index is 0.0156. The molecule has 0 aromatic rings. The minimum absolute atomic E-state index is 0.0156. The van der Waals surface area contributed by atoms with E-state index in [1.807, 2.05) is 13.8 Å². The Bertz CT molecular complexity index is 199. The lowest BCUT2D eigenvalue weighted by molar-refractivity contribution is -0.118. The number of carbonyl (C=O) groups is 1. The summed E-state index contributed by atoms with van der Waals surface area (Å²) >= 11 is 0. The molecule has 0 aliphatic carbocycles. The summed E-state index contributed by atoms with van der Waals surface area (Å²) in [5.74, 6) is 0.0156. The second-order valence-corrected chi connectivity index (χ2v) is 3.05. The minimum Gasteiger partial charge on any atom is -0.500 e. The lowest BCUT2D eigenvalue weighted by Crippen LogP contribution is -2.32. The highest BCUT2D eigenvalue weighted by Crippen LogP contribution is 2.10. The van der Waals surface area contributed by atoms with Crippen LogP contribution in [0.5, 0.6) is 0 Å². The maximum absolute atomic E-state index is 11.4. The third-order valence-electron chi connectivity index (χ3n) is 2.00. The molecule has 12 heavy (non-hydrogen) atoms. The molecular weight excluding hydrogens is 154 g/mol. The molecule has 1 unspecified atom stereocenters. The van der Waals surface area contributed by atoms with E-state index in [4.69, 9.17) is 4.74 Å². The molecule has 3 heteroatoms. The average molecular weight is 169 g/mol. The molecule has 0 saturated carbocycles. The molecule has 1 heterocycles. The summed E-state index contributed by atoms with van der Waals surface area (Å²) in [6, 6.07) is 0.249. The van der Waals surface area contributed by atoms with E-state index in [1.54, 1.807) is 6.26 Å². The van der Waals surface area contributed by atoms with Crippen LogP contribution in [0, 0.1) is 0 Å². The van der Waals surface area contributed by atoms with Crippen LogP contribution in [-0.2, 0) is 9.53 Å². The molecule has 0 spiro atoms. The van der Waals surface area contributed by atoms with Gasteiger partial charge in [0.2, 0.25) is 0 Å². The topological polar surface area (TPSA) is 38.3 Å². The standard InChI is InChI=1S/C9H15NO2/c1-3-7(2)10-9(11)8-4-5-12-6-8/h6-7H,3-5H2,1-2H3,(H,10,11). The highest BCUT2D eigenvalue weighted by atomic mass is 16.5. The Morgan fingerprint density at radius 3 is 3.08 bits per heavy atom. The van der Waals surface area contributed by atoms with E-state index in [0.29, 0.717) is 6.61 Å². The number of hydrogen-bond acceptors (Lipinski definition) is 2. The summed E-state index contributed by atoms with van der Waals surface area (Å²) in [5, 5.41) is 2.88. The first-order valence-corrected chi connectivity index (χ1v) is 4.35. The molecule has 1 N–H and O–H groups in total. The van der Waals surface area contributed by atoms with E-state index in [9.17, 15) is 4.79 Å². The second kappa shape index (κ2) is 4.14. The maximum Gasteiger partial charge on any atom is 0.250 e. The number of ether oxygens (including phenoxy) is 1. The van der Waals surface area contributed by atoms with Crippen LogP contribution >= 0.6 is 0 Å². The van der Waals surface area contributed by atoms with Crippen LogP contribution in [0.2, 0.25) is 0 Å². The highest BCUT2D eigenvalue weighted by Gasteiger charge is 2.15. The predicted molar refractivity (Wildman–Crippen MR) is 46.5 cm³/mol. The van der Waals surface area contributed by atoms with Crippen LogP contribution in [0.3, 0.4) is 0 Å². The monoisotopic (exact) mass is 169 g/mol. The smallest absolute Gasteiger partial charge is 0.250 e. The number of hydrogen-bond donors (Lipinski definition) is 1. The van der Waals surface area contributed by atoms with E-state index >= 15 is 0 Å². The van der Waals surface area contributed by atoms with Crippen molar-refractivity contribution in [2.75, 3.05) is 6.61 Å². The fraction of sp³-hybridized carbons (Fsp3) is 0.667. The Labute approximate surface area is 72.8 Å². The summed E-state index contributed by atoms with van der Waals surface area (Å²) in [7, 11) is 0. The van der Waals surface area contributed by atoms with Gasteiger partial charge < -0.3 is 10.1 Å². The van der Waals surface area contributed by atoms with E-state index in [1.165, 1.54) is 0 Å². The summed E-state index contributed by atoms with van der Waals surface area (Å²) in [4.78, 5) is 11.4. The molecule has 0 fully saturated rings. The van der Waals surface area contributed by atoms with Crippen LogP contribution in [0.1, 0.15) is 26.7 Å². The molecule has 1 rings (SSSR count). The van der Waals surface area contributed by atoms with Crippen molar-refractivity contribution in [3.63, 3.8) is 0 Å². The van der Waals surface area contributed by atoms with E-state index in [0.717, 1.165) is 18.4 Å². The van der Waals surface area contributed by atoms with Gasteiger partial charge in [-0.3, -0.25) is 4.79 Å². The number of rotatable bonds is 3. The van der Waals surface area contributed by atoms with Crippen LogP contribution in [0.4, 0.5) is 0 Å².